The van der Waals surface area contributed by atoms with Gasteiger partial charge in [0.15, 0.2) is 11.4 Å². The highest BCUT2D eigenvalue weighted by Gasteiger charge is 2.26. The predicted molar refractivity (Wildman–Crippen MR) is 96.6 cm³/mol. The topological polar surface area (TPSA) is 73.0 Å². The van der Waals surface area contributed by atoms with Crippen molar-refractivity contribution < 1.29 is 4.42 Å². The van der Waals surface area contributed by atoms with Crippen LogP contribution in [0.1, 0.15) is 12.8 Å². The van der Waals surface area contributed by atoms with Gasteiger partial charge in [-0.3, -0.25) is 9.55 Å². The van der Waals surface area contributed by atoms with Crippen molar-refractivity contribution >= 4 is 39.5 Å². The molecule has 6 nitrogen and oxygen atoms in total. The molecule has 0 atom stereocenters. The Morgan fingerprint density at radius 2 is 2.16 bits per heavy atom. The molecular formula is C18H13ClN4O2. The van der Waals surface area contributed by atoms with Crippen molar-refractivity contribution in [1.29, 1.82) is 0 Å². The zero-order valence-electron chi connectivity index (χ0n) is 13.1. The molecule has 1 aromatic carbocycles. The maximum Gasteiger partial charge on any atom is 0.354 e. The smallest absolute Gasteiger partial charge is 0.354 e. The normalized spacial score (nSPS) is 14.3. The van der Waals surface area contributed by atoms with Crippen LogP contribution in [-0.4, -0.2) is 20.6 Å². The standard InChI is InChI=1S/C18H13ClN4O2/c19-10-3-6-14-13(8-10)15-16(25-14)17(21-11-4-5-11)22-18(24)23(15)12-2-1-7-20-9-12/h1-3,6-9,11H,4-5H2,(H,21,22,24). The zero-order chi connectivity index (χ0) is 17.0. The lowest BCUT2D eigenvalue weighted by Crippen LogP contribution is -2.23. The molecule has 1 aliphatic rings. The third-order valence-electron chi connectivity index (χ3n) is 4.28. The lowest BCUT2D eigenvalue weighted by Gasteiger charge is -2.09. The highest BCUT2D eigenvalue weighted by molar-refractivity contribution is 6.31. The van der Waals surface area contributed by atoms with E-state index in [-0.39, 0.29) is 5.69 Å². The van der Waals surface area contributed by atoms with E-state index in [1.54, 1.807) is 36.7 Å². The first-order valence-corrected chi connectivity index (χ1v) is 8.40. The number of nitrogens with zero attached hydrogens (tertiary/aromatic N) is 3. The van der Waals surface area contributed by atoms with Gasteiger partial charge in [-0.2, -0.15) is 4.98 Å². The van der Waals surface area contributed by atoms with Crippen LogP contribution in [0.3, 0.4) is 0 Å². The van der Waals surface area contributed by atoms with Crippen LogP contribution in [0.15, 0.2) is 51.9 Å². The summed E-state index contributed by atoms with van der Waals surface area (Å²) in [4.78, 5) is 21.1. The maximum absolute atomic E-state index is 12.8. The number of halogens is 1. The number of fused-ring (bicyclic) bond motifs is 3. The van der Waals surface area contributed by atoms with E-state index in [1.807, 2.05) is 6.07 Å². The van der Waals surface area contributed by atoms with Crippen LogP contribution in [0.25, 0.3) is 27.8 Å². The van der Waals surface area contributed by atoms with Gasteiger partial charge in [0, 0.05) is 22.6 Å². The fourth-order valence-corrected chi connectivity index (χ4v) is 3.15. The van der Waals surface area contributed by atoms with E-state index in [2.05, 4.69) is 15.3 Å². The van der Waals surface area contributed by atoms with Crippen LogP contribution in [0.4, 0.5) is 5.82 Å². The molecule has 124 valence electrons. The Hall–Kier alpha value is -2.86. The summed E-state index contributed by atoms with van der Waals surface area (Å²) in [5.74, 6) is 0.481. The van der Waals surface area contributed by atoms with E-state index in [0.717, 1.165) is 18.2 Å². The maximum atomic E-state index is 12.8. The second-order valence-electron chi connectivity index (χ2n) is 6.13. The Balaban J connectivity index is 1.92. The number of hydrogen-bond donors (Lipinski definition) is 1. The van der Waals surface area contributed by atoms with Crippen molar-refractivity contribution in [2.75, 3.05) is 5.32 Å². The van der Waals surface area contributed by atoms with Gasteiger partial charge in [-0.15, -0.1) is 0 Å². The summed E-state index contributed by atoms with van der Waals surface area (Å²) in [6, 6.07) is 9.31. The summed E-state index contributed by atoms with van der Waals surface area (Å²) in [7, 11) is 0. The fraction of sp³-hybridized carbons (Fsp3) is 0.167. The summed E-state index contributed by atoms with van der Waals surface area (Å²) in [5.41, 5.74) is 2.10. The number of furan rings is 1. The fourth-order valence-electron chi connectivity index (χ4n) is 2.98. The van der Waals surface area contributed by atoms with Crippen LogP contribution in [0.5, 0.6) is 0 Å². The van der Waals surface area contributed by atoms with Crippen LogP contribution < -0.4 is 11.0 Å². The minimum atomic E-state index is -0.383. The van der Waals surface area contributed by atoms with Crippen molar-refractivity contribution in [3.8, 4) is 5.69 Å². The van der Waals surface area contributed by atoms with Gasteiger partial charge in [0.1, 0.15) is 11.1 Å². The number of nitrogens with one attached hydrogen (secondary N) is 1. The molecule has 1 fully saturated rings. The second kappa shape index (κ2) is 5.32. The molecule has 25 heavy (non-hydrogen) atoms. The van der Waals surface area contributed by atoms with Crippen molar-refractivity contribution in [2.45, 2.75) is 18.9 Å². The summed E-state index contributed by atoms with van der Waals surface area (Å²) in [6.07, 6.45) is 5.42. The summed E-state index contributed by atoms with van der Waals surface area (Å²) in [6.45, 7) is 0. The molecule has 0 bridgehead atoms. The number of rotatable bonds is 3. The predicted octanol–water partition coefficient (Wildman–Crippen LogP) is 3.75. The Morgan fingerprint density at radius 3 is 2.92 bits per heavy atom. The van der Waals surface area contributed by atoms with Crippen LogP contribution >= 0.6 is 11.6 Å². The zero-order valence-corrected chi connectivity index (χ0v) is 13.8. The van der Waals surface area contributed by atoms with Crippen molar-refractivity contribution in [1.82, 2.24) is 14.5 Å². The summed E-state index contributed by atoms with van der Waals surface area (Å²) >= 11 is 6.18. The molecule has 0 saturated heterocycles. The first-order valence-electron chi connectivity index (χ1n) is 8.02. The van der Waals surface area contributed by atoms with Crippen LogP contribution in [-0.2, 0) is 0 Å². The Labute approximate surface area is 147 Å². The molecule has 3 heterocycles. The Morgan fingerprint density at radius 1 is 1.28 bits per heavy atom. The first-order chi connectivity index (χ1) is 12.2. The SMILES string of the molecule is O=c1nc(NC2CC2)c2oc3ccc(Cl)cc3c2n1-c1cccnc1. The molecule has 1 N–H and O–H groups in total. The van der Waals surface area contributed by atoms with Gasteiger partial charge in [0.05, 0.1) is 11.9 Å². The number of pyridine rings is 1. The second-order valence-corrected chi connectivity index (χ2v) is 6.56. The third-order valence-corrected chi connectivity index (χ3v) is 4.52. The number of benzene rings is 1. The highest BCUT2D eigenvalue weighted by atomic mass is 35.5. The lowest BCUT2D eigenvalue weighted by molar-refractivity contribution is 0.664. The monoisotopic (exact) mass is 352 g/mol. The number of aromatic nitrogens is 3. The van der Waals surface area contributed by atoms with E-state index in [1.165, 1.54) is 4.57 Å². The molecule has 1 saturated carbocycles. The van der Waals surface area contributed by atoms with Crippen LogP contribution in [0, 0.1) is 0 Å². The molecule has 0 amide bonds. The van der Waals surface area contributed by atoms with Gasteiger partial charge in [0.2, 0.25) is 0 Å². The van der Waals surface area contributed by atoms with Gasteiger partial charge >= 0.3 is 5.69 Å². The molecule has 7 heteroatoms. The largest absolute Gasteiger partial charge is 0.450 e. The Bertz CT molecular complexity index is 1160. The average molecular weight is 353 g/mol. The van der Waals surface area contributed by atoms with Gasteiger partial charge < -0.3 is 9.73 Å². The quantitative estimate of drug-likeness (QED) is 0.607. The van der Waals surface area contributed by atoms with Gasteiger partial charge in [-0.1, -0.05) is 11.6 Å². The number of anilines is 1. The van der Waals surface area contributed by atoms with E-state index < -0.39 is 0 Å². The molecule has 4 aromatic rings. The molecular weight excluding hydrogens is 340 g/mol. The van der Waals surface area contributed by atoms with Crippen molar-refractivity contribution in [2.24, 2.45) is 0 Å². The number of hydrogen-bond acceptors (Lipinski definition) is 5. The molecule has 5 rings (SSSR count). The molecule has 0 radical (unpaired) electrons. The Kier molecular flexibility index (Phi) is 3.08. The van der Waals surface area contributed by atoms with E-state index in [0.29, 0.717) is 39.3 Å². The third kappa shape index (κ3) is 2.37. The van der Waals surface area contributed by atoms with E-state index in [4.69, 9.17) is 16.0 Å². The van der Waals surface area contributed by atoms with Gasteiger partial charge in [-0.05, 0) is 43.2 Å². The van der Waals surface area contributed by atoms with Crippen molar-refractivity contribution in [3.63, 3.8) is 0 Å². The average Bonchev–Trinajstić information content (AvgIpc) is 3.35. The minimum absolute atomic E-state index is 0.348. The summed E-state index contributed by atoms with van der Waals surface area (Å²) < 4.78 is 7.54. The molecule has 0 aliphatic heterocycles. The molecule has 3 aromatic heterocycles. The van der Waals surface area contributed by atoms with Gasteiger partial charge in [0.25, 0.3) is 0 Å². The van der Waals surface area contributed by atoms with Crippen LogP contribution in [0.2, 0.25) is 5.02 Å². The lowest BCUT2D eigenvalue weighted by atomic mass is 10.2. The molecule has 1 aliphatic carbocycles. The van der Waals surface area contributed by atoms with Gasteiger partial charge in [-0.25, -0.2) is 4.79 Å². The summed E-state index contributed by atoms with van der Waals surface area (Å²) in [5, 5.41) is 4.63. The molecule has 0 spiro atoms. The van der Waals surface area contributed by atoms with E-state index >= 15 is 0 Å². The highest BCUT2D eigenvalue weighted by Crippen LogP contribution is 2.35. The first kappa shape index (κ1) is 14.5. The molecule has 0 unspecified atom stereocenters. The van der Waals surface area contributed by atoms with E-state index in [9.17, 15) is 4.79 Å². The minimum Gasteiger partial charge on any atom is -0.450 e. The van der Waals surface area contributed by atoms with Crippen molar-refractivity contribution in [3.05, 3.63) is 58.2 Å².